The quantitative estimate of drug-likeness (QED) is 0.483. The molecule has 1 aromatic heterocycles. The molecule has 0 spiro atoms. The summed E-state index contributed by atoms with van der Waals surface area (Å²) in [5, 5.41) is 9.34. The highest BCUT2D eigenvalue weighted by atomic mass is 35.5. The standard InChI is InChI=1S/C18H14ClN3O6S/c19-13-9-12(6-8-16(13)28-10-17(23)24)29(26,27)22-21-18(25)15-7-5-11-3-1-2-4-14(11)20-15/h1-9,22H,10H2,(H,21,25)(H,23,24). The predicted molar refractivity (Wildman–Crippen MR) is 104 cm³/mol. The van der Waals surface area contributed by atoms with Crippen LogP contribution in [-0.2, 0) is 14.8 Å². The summed E-state index contributed by atoms with van der Waals surface area (Å²) in [7, 11) is -4.14. The van der Waals surface area contributed by atoms with Crippen molar-refractivity contribution >= 4 is 44.4 Å². The number of hydrogen-bond acceptors (Lipinski definition) is 6. The van der Waals surface area contributed by atoms with E-state index in [2.05, 4.69) is 10.4 Å². The van der Waals surface area contributed by atoms with Crippen molar-refractivity contribution in [3.05, 3.63) is 65.3 Å². The highest BCUT2D eigenvalue weighted by Gasteiger charge is 2.18. The van der Waals surface area contributed by atoms with Crippen molar-refractivity contribution in [2.45, 2.75) is 4.90 Å². The molecule has 0 aliphatic rings. The molecule has 11 heteroatoms. The van der Waals surface area contributed by atoms with E-state index < -0.39 is 28.5 Å². The maximum atomic E-state index is 12.4. The maximum Gasteiger partial charge on any atom is 0.341 e. The van der Waals surface area contributed by atoms with Gasteiger partial charge in [0.15, 0.2) is 6.61 Å². The third-order valence-corrected chi connectivity index (χ3v) is 5.24. The average Bonchev–Trinajstić information content (AvgIpc) is 2.70. The molecule has 9 nitrogen and oxygen atoms in total. The van der Waals surface area contributed by atoms with E-state index in [4.69, 9.17) is 21.4 Å². The van der Waals surface area contributed by atoms with E-state index in [-0.39, 0.29) is 21.4 Å². The van der Waals surface area contributed by atoms with E-state index in [1.165, 1.54) is 12.1 Å². The Balaban J connectivity index is 1.70. The van der Waals surface area contributed by atoms with Gasteiger partial charge in [0.2, 0.25) is 0 Å². The van der Waals surface area contributed by atoms with Crippen molar-refractivity contribution in [3.63, 3.8) is 0 Å². The van der Waals surface area contributed by atoms with Gasteiger partial charge in [0.1, 0.15) is 11.4 Å². The highest BCUT2D eigenvalue weighted by molar-refractivity contribution is 7.89. The Hall–Kier alpha value is -3.21. The lowest BCUT2D eigenvalue weighted by Crippen LogP contribution is -2.41. The zero-order valence-corrected chi connectivity index (χ0v) is 16.2. The van der Waals surface area contributed by atoms with Crippen LogP contribution in [0.2, 0.25) is 5.02 Å². The molecule has 0 aliphatic heterocycles. The summed E-state index contributed by atoms with van der Waals surface area (Å²) in [5.41, 5.74) is 2.70. The van der Waals surface area contributed by atoms with Gasteiger partial charge in [-0.2, -0.15) is 0 Å². The number of para-hydroxylation sites is 1. The van der Waals surface area contributed by atoms with E-state index in [0.717, 1.165) is 17.5 Å². The van der Waals surface area contributed by atoms with Crippen molar-refractivity contribution in [1.29, 1.82) is 0 Å². The Labute approximate surface area is 170 Å². The Bertz CT molecular complexity index is 1200. The molecule has 1 amide bonds. The number of halogens is 1. The SMILES string of the molecule is O=C(O)COc1ccc(S(=O)(=O)NNC(=O)c2ccc3ccccc3n2)cc1Cl. The van der Waals surface area contributed by atoms with Gasteiger partial charge in [0, 0.05) is 5.39 Å². The molecule has 3 rings (SSSR count). The number of hydrazine groups is 1. The zero-order valence-electron chi connectivity index (χ0n) is 14.6. The molecule has 1 heterocycles. The monoisotopic (exact) mass is 435 g/mol. The highest BCUT2D eigenvalue weighted by Crippen LogP contribution is 2.27. The molecule has 0 unspecified atom stereocenters. The van der Waals surface area contributed by atoms with Crippen LogP contribution >= 0.6 is 11.6 Å². The minimum Gasteiger partial charge on any atom is -0.480 e. The second kappa shape index (κ2) is 8.43. The van der Waals surface area contributed by atoms with Crippen LogP contribution in [0.3, 0.4) is 0 Å². The summed E-state index contributed by atoms with van der Waals surface area (Å²) in [4.78, 5) is 28.6. The molecule has 0 saturated carbocycles. The van der Waals surface area contributed by atoms with Gasteiger partial charge < -0.3 is 9.84 Å². The number of sulfonamides is 1. The van der Waals surface area contributed by atoms with E-state index in [1.54, 1.807) is 18.2 Å². The second-order valence-corrected chi connectivity index (χ2v) is 7.81. The number of aliphatic carboxylic acids is 1. The van der Waals surface area contributed by atoms with Crippen LogP contribution in [0.25, 0.3) is 10.9 Å². The van der Waals surface area contributed by atoms with Crippen LogP contribution in [0.4, 0.5) is 0 Å². The number of pyridine rings is 1. The number of nitrogens with zero attached hydrogens (tertiary/aromatic N) is 1. The van der Waals surface area contributed by atoms with Crippen LogP contribution in [0, 0.1) is 0 Å². The Morgan fingerprint density at radius 1 is 1.10 bits per heavy atom. The molecular weight excluding hydrogens is 422 g/mol. The number of benzene rings is 2. The van der Waals surface area contributed by atoms with Crippen LogP contribution in [0.1, 0.15) is 10.5 Å². The van der Waals surface area contributed by atoms with Gasteiger partial charge in [-0.05, 0) is 30.3 Å². The number of aromatic nitrogens is 1. The lowest BCUT2D eigenvalue weighted by Gasteiger charge is -2.10. The van der Waals surface area contributed by atoms with Crippen LogP contribution in [-0.4, -0.2) is 37.0 Å². The Morgan fingerprint density at radius 3 is 2.59 bits per heavy atom. The van der Waals surface area contributed by atoms with Gasteiger partial charge in [-0.1, -0.05) is 35.9 Å². The lowest BCUT2D eigenvalue weighted by molar-refractivity contribution is -0.139. The fourth-order valence-corrected chi connectivity index (χ4v) is 3.50. The number of fused-ring (bicyclic) bond motifs is 1. The van der Waals surface area contributed by atoms with E-state index in [9.17, 15) is 18.0 Å². The molecule has 0 atom stereocenters. The fraction of sp³-hybridized carbons (Fsp3) is 0.0556. The number of carboxylic acid groups (broad SMARTS) is 1. The summed E-state index contributed by atoms with van der Waals surface area (Å²) in [6.45, 7) is -0.626. The maximum absolute atomic E-state index is 12.4. The van der Waals surface area contributed by atoms with Crippen molar-refractivity contribution in [1.82, 2.24) is 15.2 Å². The summed E-state index contributed by atoms with van der Waals surface area (Å²) >= 11 is 5.93. The molecule has 0 saturated heterocycles. The van der Waals surface area contributed by atoms with E-state index >= 15 is 0 Å². The Morgan fingerprint density at radius 2 is 1.86 bits per heavy atom. The van der Waals surface area contributed by atoms with Crippen LogP contribution in [0.5, 0.6) is 5.75 Å². The first kappa shape index (κ1) is 20.5. The molecule has 0 radical (unpaired) electrons. The minimum absolute atomic E-state index is 0.0115. The van der Waals surface area contributed by atoms with Crippen LogP contribution < -0.4 is 15.0 Å². The van der Waals surface area contributed by atoms with Gasteiger partial charge in [-0.15, -0.1) is 4.83 Å². The third kappa shape index (κ3) is 4.99. The number of amides is 1. The largest absolute Gasteiger partial charge is 0.480 e. The smallest absolute Gasteiger partial charge is 0.341 e. The predicted octanol–water partition coefficient (Wildman–Crippen LogP) is 1.97. The number of carbonyl (C=O) groups is 2. The molecule has 0 fully saturated rings. The summed E-state index contributed by atoms with van der Waals surface area (Å²) in [6.07, 6.45) is 0. The average molecular weight is 436 g/mol. The van der Waals surface area contributed by atoms with E-state index in [0.29, 0.717) is 5.52 Å². The molecule has 3 aromatic rings. The summed E-state index contributed by atoms with van der Waals surface area (Å²) in [6, 6.07) is 13.8. The number of hydrogen-bond donors (Lipinski definition) is 3. The first-order valence-electron chi connectivity index (χ1n) is 8.08. The molecule has 29 heavy (non-hydrogen) atoms. The minimum atomic E-state index is -4.14. The van der Waals surface area contributed by atoms with Crippen LogP contribution in [0.15, 0.2) is 59.5 Å². The lowest BCUT2D eigenvalue weighted by atomic mass is 10.2. The van der Waals surface area contributed by atoms with Gasteiger partial charge in [0.25, 0.3) is 15.9 Å². The number of nitrogens with one attached hydrogen (secondary N) is 2. The van der Waals surface area contributed by atoms with Gasteiger partial charge in [-0.25, -0.2) is 18.2 Å². The first-order valence-corrected chi connectivity index (χ1v) is 9.94. The molecule has 2 aromatic carbocycles. The second-order valence-electron chi connectivity index (χ2n) is 5.72. The number of ether oxygens (including phenoxy) is 1. The van der Waals surface area contributed by atoms with Gasteiger partial charge in [-0.3, -0.25) is 10.2 Å². The van der Waals surface area contributed by atoms with Gasteiger partial charge in [0.05, 0.1) is 15.4 Å². The molecule has 3 N–H and O–H groups in total. The third-order valence-electron chi connectivity index (χ3n) is 3.69. The molecule has 0 bridgehead atoms. The normalized spacial score (nSPS) is 11.2. The van der Waals surface area contributed by atoms with Crippen molar-refractivity contribution < 1.29 is 27.9 Å². The van der Waals surface area contributed by atoms with Crippen molar-refractivity contribution in [2.24, 2.45) is 0 Å². The molecule has 150 valence electrons. The summed E-state index contributed by atoms with van der Waals surface area (Å²) < 4.78 is 29.7. The van der Waals surface area contributed by atoms with Crippen molar-refractivity contribution in [2.75, 3.05) is 6.61 Å². The molecule has 0 aliphatic carbocycles. The topological polar surface area (TPSA) is 135 Å². The molecular formula is C18H14ClN3O6S. The number of carbonyl (C=O) groups excluding carboxylic acids is 1. The van der Waals surface area contributed by atoms with Gasteiger partial charge >= 0.3 is 5.97 Å². The zero-order chi connectivity index (χ0) is 21.0. The number of rotatable bonds is 7. The number of carboxylic acids is 1. The van der Waals surface area contributed by atoms with Crippen molar-refractivity contribution in [3.8, 4) is 5.75 Å². The fourth-order valence-electron chi connectivity index (χ4n) is 2.33. The van der Waals surface area contributed by atoms with E-state index in [1.807, 2.05) is 17.0 Å². The Kier molecular flexibility index (Phi) is 5.97. The first-order chi connectivity index (χ1) is 13.8. The summed E-state index contributed by atoms with van der Waals surface area (Å²) in [5.74, 6) is -1.94.